The van der Waals surface area contributed by atoms with Gasteiger partial charge in [0.25, 0.3) is 0 Å². The SMILES string of the molecule is CCC(CC)C(=O)Nc1nc(CSc2ccccc2)cs1. The molecule has 0 aliphatic carbocycles. The summed E-state index contributed by atoms with van der Waals surface area (Å²) in [5, 5.41) is 5.64. The van der Waals surface area contributed by atoms with Crippen LogP contribution in [-0.4, -0.2) is 10.9 Å². The molecule has 0 saturated carbocycles. The van der Waals surface area contributed by atoms with E-state index in [1.807, 2.05) is 37.4 Å². The Morgan fingerprint density at radius 2 is 2.00 bits per heavy atom. The van der Waals surface area contributed by atoms with Crippen LogP contribution in [0.1, 0.15) is 32.4 Å². The van der Waals surface area contributed by atoms with Crippen molar-refractivity contribution in [3.8, 4) is 0 Å². The summed E-state index contributed by atoms with van der Waals surface area (Å²) in [6, 6.07) is 10.3. The lowest BCUT2D eigenvalue weighted by Crippen LogP contribution is -2.21. The van der Waals surface area contributed by atoms with E-state index >= 15 is 0 Å². The van der Waals surface area contributed by atoms with Crippen molar-refractivity contribution < 1.29 is 4.79 Å². The number of hydrogen-bond donors (Lipinski definition) is 1. The number of carbonyl (C=O) groups is 1. The summed E-state index contributed by atoms with van der Waals surface area (Å²) >= 11 is 3.25. The fraction of sp³-hybridized carbons (Fsp3) is 0.375. The molecule has 112 valence electrons. The fourth-order valence-corrected chi connectivity index (χ4v) is 3.60. The van der Waals surface area contributed by atoms with Crippen LogP contribution in [0.3, 0.4) is 0 Å². The van der Waals surface area contributed by atoms with Crippen LogP contribution >= 0.6 is 23.1 Å². The number of thioether (sulfide) groups is 1. The Balaban J connectivity index is 1.88. The Morgan fingerprint density at radius 1 is 1.29 bits per heavy atom. The summed E-state index contributed by atoms with van der Waals surface area (Å²) in [5.74, 6) is 0.981. The van der Waals surface area contributed by atoms with Crippen LogP contribution in [0.2, 0.25) is 0 Å². The summed E-state index contributed by atoms with van der Waals surface area (Å²) in [6.45, 7) is 4.08. The first-order valence-electron chi connectivity index (χ1n) is 7.16. The van der Waals surface area contributed by atoms with Crippen LogP contribution in [0.15, 0.2) is 40.6 Å². The van der Waals surface area contributed by atoms with Crippen LogP contribution in [0.25, 0.3) is 0 Å². The van der Waals surface area contributed by atoms with E-state index in [2.05, 4.69) is 22.4 Å². The second-order valence-electron chi connectivity index (χ2n) is 4.75. The molecule has 0 radical (unpaired) electrons. The number of nitrogens with one attached hydrogen (secondary N) is 1. The molecule has 0 aliphatic heterocycles. The topological polar surface area (TPSA) is 42.0 Å². The highest BCUT2D eigenvalue weighted by molar-refractivity contribution is 7.98. The molecule has 0 fully saturated rings. The summed E-state index contributed by atoms with van der Waals surface area (Å²) in [5.41, 5.74) is 1.01. The Hall–Kier alpha value is -1.33. The second kappa shape index (κ2) is 8.20. The van der Waals surface area contributed by atoms with Gasteiger partial charge >= 0.3 is 0 Å². The van der Waals surface area contributed by atoms with Crippen LogP contribution in [-0.2, 0) is 10.5 Å². The molecule has 0 saturated heterocycles. The standard InChI is InChI=1S/C16H20N2OS2/c1-3-12(4-2)15(19)18-16-17-13(11-21-16)10-20-14-8-6-5-7-9-14/h5-9,11-12H,3-4,10H2,1-2H3,(H,17,18,19). The van der Waals surface area contributed by atoms with Gasteiger partial charge in [0.2, 0.25) is 5.91 Å². The minimum absolute atomic E-state index is 0.0797. The van der Waals surface area contributed by atoms with Gasteiger partial charge in [0.1, 0.15) is 0 Å². The Bertz CT molecular complexity index is 565. The van der Waals surface area contributed by atoms with Crippen LogP contribution in [0, 0.1) is 5.92 Å². The van der Waals surface area contributed by atoms with Crippen molar-refractivity contribution in [2.45, 2.75) is 37.3 Å². The third-order valence-electron chi connectivity index (χ3n) is 3.27. The minimum atomic E-state index is 0.0797. The van der Waals surface area contributed by atoms with E-state index in [4.69, 9.17) is 0 Å². The van der Waals surface area contributed by atoms with E-state index < -0.39 is 0 Å². The first-order valence-corrected chi connectivity index (χ1v) is 9.02. The van der Waals surface area contributed by atoms with Crippen molar-refractivity contribution in [3.05, 3.63) is 41.4 Å². The molecule has 2 rings (SSSR count). The molecule has 1 N–H and O–H groups in total. The van der Waals surface area contributed by atoms with Gasteiger partial charge in [-0.15, -0.1) is 23.1 Å². The van der Waals surface area contributed by atoms with E-state index in [0.29, 0.717) is 5.13 Å². The number of aromatic nitrogens is 1. The lowest BCUT2D eigenvalue weighted by molar-refractivity contribution is -0.120. The average Bonchev–Trinajstić information content (AvgIpc) is 2.95. The zero-order chi connectivity index (χ0) is 15.1. The van der Waals surface area contributed by atoms with Crippen molar-refractivity contribution in [2.75, 3.05) is 5.32 Å². The number of rotatable bonds is 7. The van der Waals surface area contributed by atoms with E-state index in [0.717, 1.165) is 24.3 Å². The summed E-state index contributed by atoms with van der Waals surface area (Å²) < 4.78 is 0. The van der Waals surface area contributed by atoms with Crippen molar-refractivity contribution in [3.63, 3.8) is 0 Å². The highest BCUT2D eigenvalue weighted by atomic mass is 32.2. The largest absolute Gasteiger partial charge is 0.302 e. The molecule has 5 heteroatoms. The molecule has 0 bridgehead atoms. The van der Waals surface area contributed by atoms with Gasteiger partial charge in [-0.3, -0.25) is 4.79 Å². The van der Waals surface area contributed by atoms with Crippen molar-refractivity contribution in [2.24, 2.45) is 5.92 Å². The van der Waals surface area contributed by atoms with Crippen molar-refractivity contribution >= 4 is 34.1 Å². The van der Waals surface area contributed by atoms with Crippen LogP contribution in [0.5, 0.6) is 0 Å². The molecule has 0 atom stereocenters. The molecule has 1 amide bonds. The van der Waals surface area contributed by atoms with Crippen LogP contribution < -0.4 is 5.32 Å². The highest BCUT2D eigenvalue weighted by Crippen LogP contribution is 2.25. The summed E-state index contributed by atoms with van der Waals surface area (Å²) in [4.78, 5) is 17.7. The Kier molecular flexibility index (Phi) is 6.26. The zero-order valence-electron chi connectivity index (χ0n) is 12.3. The number of hydrogen-bond acceptors (Lipinski definition) is 4. The number of amides is 1. The maximum Gasteiger partial charge on any atom is 0.229 e. The van der Waals surface area contributed by atoms with Crippen molar-refractivity contribution in [1.82, 2.24) is 4.98 Å². The number of thiazole rings is 1. The Labute approximate surface area is 134 Å². The summed E-state index contributed by atoms with van der Waals surface area (Å²) in [6.07, 6.45) is 1.73. The van der Waals surface area contributed by atoms with Gasteiger partial charge < -0.3 is 5.32 Å². The molecule has 3 nitrogen and oxygen atoms in total. The first-order chi connectivity index (χ1) is 10.2. The maximum atomic E-state index is 12.0. The fourth-order valence-electron chi connectivity index (χ4n) is 1.97. The van der Waals surface area contributed by atoms with E-state index in [1.54, 1.807) is 11.8 Å². The van der Waals surface area contributed by atoms with Gasteiger partial charge in [-0.05, 0) is 25.0 Å². The van der Waals surface area contributed by atoms with Gasteiger partial charge in [-0.25, -0.2) is 4.98 Å². The highest BCUT2D eigenvalue weighted by Gasteiger charge is 2.15. The lowest BCUT2D eigenvalue weighted by atomic mass is 10.0. The van der Waals surface area contributed by atoms with E-state index in [1.165, 1.54) is 16.2 Å². The Morgan fingerprint density at radius 3 is 2.67 bits per heavy atom. The van der Waals surface area contributed by atoms with Gasteiger partial charge in [0, 0.05) is 21.9 Å². The molecule has 0 spiro atoms. The van der Waals surface area contributed by atoms with Crippen LogP contribution in [0.4, 0.5) is 5.13 Å². The molecule has 1 heterocycles. The number of benzene rings is 1. The predicted molar refractivity (Wildman–Crippen MR) is 90.8 cm³/mol. The molecular weight excluding hydrogens is 300 g/mol. The van der Waals surface area contributed by atoms with Gasteiger partial charge in [-0.1, -0.05) is 32.0 Å². The predicted octanol–water partition coefficient (Wildman–Crippen LogP) is 4.81. The molecule has 21 heavy (non-hydrogen) atoms. The lowest BCUT2D eigenvalue weighted by Gasteiger charge is -2.10. The number of nitrogens with zero attached hydrogens (tertiary/aromatic N) is 1. The van der Waals surface area contributed by atoms with Gasteiger partial charge in [-0.2, -0.15) is 0 Å². The summed E-state index contributed by atoms with van der Waals surface area (Å²) in [7, 11) is 0. The number of carbonyl (C=O) groups excluding carboxylic acids is 1. The smallest absolute Gasteiger partial charge is 0.229 e. The average molecular weight is 320 g/mol. The molecule has 2 aromatic rings. The van der Waals surface area contributed by atoms with E-state index in [9.17, 15) is 4.79 Å². The number of anilines is 1. The third-order valence-corrected chi connectivity index (χ3v) is 5.12. The normalized spacial score (nSPS) is 10.8. The van der Waals surface area contributed by atoms with Gasteiger partial charge in [0.05, 0.1) is 5.69 Å². The van der Waals surface area contributed by atoms with Gasteiger partial charge in [0.15, 0.2) is 5.13 Å². The second-order valence-corrected chi connectivity index (χ2v) is 6.66. The molecule has 0 aliphatic rings. The van der Waals surface area contributed by atoms with E-state index in [-0.39, 0.29) is 11.8 Å². The minimum Gasteiger partial charge on any atom is -0.302 e. The maximum absolute atomic E-state index is 12.0. The zero-order valence-corrected chi connectivity index (χ0v) is 14.0. The molecular formula is C16H20N2OS2. The first kappa shape index (κ1) is 16.0. The third kappa shape index (κ3) is 4.86. The van der Waals surface area contributed by atoms with Crippen molar-refractivity contribution in [1.29, 1.82) is 0 Å². The monoisotopic (exact) mass is 320 g/mol. The molecule has 1 aromatic carbocycles. The quantitative estimate of drug-likeness (QED) is 0.744. The molecule has 0 unspecified atom stereocenters. The molecule has 1 aromatic heterocycles.